The second kappa shape index (κ2) is 8.11. The van der Waals surface area contributed by atoms with Crippen molar-refractivity contribution in [1.82, 2.24) is 29.6 Å². The summed E-state index contributed by atoms with van der Waals surface area (Å²) in [5, 5.41) is 10.3. The van der Waals surface area contributed by atoms with Gasteiger partial charge in [-0.3, -0.25) is 4.90 Å². The van der Waals surface area contributed by atoms with Crippen molar-refractivity contribution in [2.45, 2.75) is 59.7 Å². The maximum atomic E-state index is 5.51. The molecule has 9 heteroatoms. The molecule has 0 N–H and O–H groups in total. The summed E-state index contributed by atoms with van der Waals surface area (Å²) in [6, 6.07) is 0.114. The summed E-state index contributed by atoms with van der Waals surface area (Å²) in [6.07, 6.45) is 0. The third-order valence-corrected chi connectivity index (χ3v) is 7.63. The lowest BCUT2D eigenvalue weighted by Crippen LogP contribution is -2.39. The van der Waals surface area contributed by atoms with Crippen LogP contribution in [0.25, 0.3) is 10.2 Å². The van der Waals surface area contributed by atoms with Crippen LogP contribution in [-0.2, 0) is 17.8 Å². The number of ether oxygens (including phenoxy) is 1. The first kappa shape index (κ1) is 20.8. The van der Waals surface area contributed by atoms with Gasteiger partial charge in [0.15, 0.2) is 5.82 Å². The summed E-state index contributed by atoms with van der Waals surface area (Å²) >= 11 is 1.77. The standard InChI is InChI=1S/C22H31N7OS/c1-13(2)19-25-26-20-15(4)28(6-7-29(19)20)21-18-14(3)16(5)31-22(18)24-17(23-21)12-27-8-10-30-11-9-27/h13,15H,6-12H2,1-5H3. The molecular formula is C22H31N7OS. The average Bonchev–Trinajstić information content (AvgIpc) is 3.30. The fourth-order valence-corrected chi connectivity index (χ4v) is 5.68. The van der Waals surface area contributed by atoms with Crippen LogP contribution < -0.4 is 4.90 Å². The van der Waals surface area contributed by atoms with E-state index in [0.29, 0.717) is 5.92 Å². The maximum Gasteiger partial charge on any atom is 0.155 e. The van der Waals surface area contributed by atoms with Crippen LogP contribution in [0.1, 0.15) is 60.6 Å². The maximum absolute atomic E-state index is 5.51. The summed E-state index contributed by atoms with van der Waals surface area (Å²) < 4.78 is 7.80. The first-order valence-corrected chi connectivity index (χ1v) is 12.0. The molecule has 0 spiro atoms. The van der Waals surface area contributed by atoms with Gasteiger partial charge in [0.2, 0.25) is 0 Å². The highest BCUT2D eigenvalue weighted by molar-refractivity contribution is 7.18. The first-order chi connectivity index (χ1) is 14.9. The number of anilines is 1. The fraction of sp³-hybridized carbons (Fsp3) is 0.636. The molecule has 166 valence electrons. The number of aryl methyl sites for hydroxylation is 2. The molecule has 0 saturated carbocycles. The molecule has 5 heterocycles. The summed E-state index contributed by atoms with van der Waals surface area (Å²) in [5.74, 6) is 4.41. The van der Waals surface area contributed by atoms with Crippen LogP contribution in [-0.4, -0.2) is 62.5 Å². The Bertz CT molecular complexity index is 1100. The van der Waals surface area contributed by atoms with Gasteiger partial charge in [0.05, 0.1) is 31.2 Å². The minimum atomic E-state index is 0.114. The number of fused-ring (bicyclic) bond motifs is 2. The van der Waals surface area contributed by atoms with E-state index in [1.807, 2.05) is 0 Å². The second-order valence-electron chi connectivity index (χ2n) is 8.91. The number of aromatic nitrogens is 5. The van der Waals surface area contributed by atoms with E-state index in [-0.39, 0.29) is 6.04 Å². The van der Waals surface area contributed by atoms with Gasteiger partial charge < -0.3 is 14.2 Å². The van der Waals surface area contributed by atoms with Crippen molar-refractivity contribution >= 4 is 27.4 Å². The summed E-state index contributed by atoms with van der Waals surface area (Å²) in [4.78, 5) is 17.3. The molecule has 1 unspecified atom stereocenters. The minimum absolute atomic E-state index is 0.114. The fourth-order valence-electron chi connectivity index (χ4n) is 4.63. The Morgan fingerprint density at radius 3 is 2.58 bits per heavy atom. The zero-order valence-electron chi connectivity index (χ0n) is 19.1. The van der Waals surface area contributed by atoms with Crippen LogP contribution in [0.3, 0.4) is 0 Å². The van der Waals surface area contributed by atoms with E-state index in [0.717, 1.165) is 74.1 Å². The molecule has 5 rings (SSSR count). The second-order valence-corrected chi connectivity index (χ2v) is 10.1. The molecule has 0 bridgehead atoms. The van der Waals surface area contributed by atoms with E-state index in [9.17, 15) is 0 Å². The van der Waals surface area contributed by atoms with Gasteiger partial charge >= 0.3 is 0 Å². The Morgan fingerprint density at radius 1 is 1.06 bits per heavy atom. The van der Waals surface area contributed by atoms with Crippen LogP contribution in [0.4, 0.5) is 5.82 Å². The van der Waals surface area contributed by atoms with Crippen LogP contribution in [0.2, 0.25) is 0 Å². The quantitative estimate of drug-likeness (QED) is 0.614. The lowest BCUT2D eigenvalue weighted by atomic mass is 10.1. The van der Waals surface area contributed by atoms with Gasteiger partial charge in [0.1, 0.15) is 22.3 Å². The highest BCUT2D eigenvalue weighted by atomic mass is 32.1. The number of morpholine rings is 1. The normalized spacial score (nSPS) is 20.1. The lowest BCUT2D eigenvalue weighted by Gasteiger charge is -2.35. The topological polar surface area (TPSA) is 72.2 Å². The van der Waals surface area contributed by atoms with Gasteiger partial charge in [-0.25, -0.2) is 9.97 Å². The largest absolute Gasteiger partial charge is 0.379 e. The van der Waals surface area contributed by atoms with Gasteiger partial charge in [-0.05, 0) is 26.3 Å². The predicted molar refractivity (Wildman–Crippen MR) is 123 cm³/mol. The molecule has 1 saturated heterocycles. The van der Waals surface area contributed by atoms with E-state index in [1.54, 1.807) is 11.3 Å². The minimum Gasteiger partial charge on any atom is -0.379 e. The number of rotatable bonds is 4. The molecule has 2 aliphatic heterocycles. The van der Waals surface area contributed by atoms with Crippen molar-refractivity contribution in [1.29, 1.82) is 0 Å². The first-order valence-electron chi connectivity index (χ1n) is 11.2. The van der Waals surface area contributed by atoms with Crippen molar-refractivity contribution in [2.75, 3.05) is 37.7 Å². The molecule has 8 nitrogen and oxygen atoms in total. The van der Waals surface area contributed by atoms with Gasteiger partial charge in [0.25, 0.3) is 0 Å². The van der Waals surface area contributed by atoms with Gasteiger partial charge in [-0.2, -0.15) is 0 Å². The molecule has 1 atom stereocenters. The molecule has 31 heavy (non-hydrogen) atoms. The summed E-state index contributed by atoms with van der Waals surface area (Å²) in [5.41, 5.74) is 1.29. The lowest BCUT2D eigenvalue weighted by molar-refractivity contribution is 0.0331. The van der Waals surface area contributed by atoms with Crippen LogP contribution in [0.5, 0.6) is 0 Å². The Balaban J connectivity index is 1.56. The van der Waals surface area contributed by atoms with Gasteiger partial charge in [-0.1, -0.05) is 13.8 Å². The van der Waals surface area contributed by atoms with E-state index < -0.39 is 0 Å². The van der Waals surface area contributed by atoms with Crippen LogP contribution in [0.15, 0.2) is 0 Å². The molecule has 3 aromatic heterocycles. The van der Waals surface area contributed by atoms with Crippen LogP contribution in [0, 0.1) is 13.8 Å². The van der Waals surface area contributed by atoms with Crippen molar-refractivity contribution in [3.63, 3.8) is 0 Å². The number of hydrogen-bond donors (Lipinski definition) is 0. The molecule has 1 fully saturated rings. The number of nitrogens with zero attached hydrogens (tertiary/aromatic N) is 7. The van der Waals surface area contributed by atoms with Gasteiger partial charge in [0, 0.05) is 37.0 Å². The number of thiophene rings is 1. The van der Waals surface area contributed by atoms with Crippen molar-refractivity contribution in [3.05, 3.63) is 27.9 Å². The van der Waals surface area contributed by atoms with E-state index in [1.165, 1.54) is 15.8 Å². The van der Waals surface area contributed by atoms with E-state index in [4.69, 9.17) is 14.7 Å². The predicted octanol–water partition coefficient (Wildman–Crippen LogP) is 3.44. The van der Waals surface area contributed by atoms with E-state index >= 15 is 0 Å². The molecule has 0 radical (unpaired) electrons. The summed E-state index contributed by atoms with van der Waals surface area (Å²) in [6.45, 7) is 16.9. The molecular weight excluding hydrogens is 410 g/mol. The van der Waals surface area contributed by atoms with Crippen molar-refractivity contribution in [3.8, 4) is 0 Å². The zero-order chi connectivity index (χ0) is 21.7. The smallest absolute Gasteiger partial charge is 0.155 e. The molecule has 2 aliphatic rings. The van der Waals surface area contributed by atoms with Crippen LogP contribution >= 0.6 is 11.3 Å². The van der Waals surface area contributed by atoms with Crippen molar-refractivity contribution < 1.29 is 4.74 Å². The van der Waals surface area contributed by atoms with E-state index in [2.05, 4.69) is 59.2 Å². The third kappa shape index (κ3) is 3.62. The average molecular weight is 442 g/mol. The zero-order valence-corrected chi connectivity index (χ0v) is 19.9. The number of hydrogen-bond acceptors (Lipinski definition) is 8. The molecule has 0 aliphatic carbocycles. The summed E-state index contributed by atoms with van der Waals surface area (Å²) in [7, 11) is 0. The SMILES string of the molecule is Cc1sc2nc(CN3CCOCC3)nc(N3CCn4c(C(C)C)nnc4C3C)c2c1C. The Kier molecular flexibility index (Phi) is 5.44. The van der Waals surface area contributed by atoms with Gasteiger partial charge in [-0.15, -0.1) is 21.5 Å². The molecule has 0 amide bonds. The Hall–Kier alpha value is -2.10. The Morgan fingerprint density at radius 2 is 1.84 bits per heavy atom. The van der Waals surface area contributed by atoms with Crippen molar-refractivity contribution in [2.24, 2.45) is 0 Å². The molecule has 3 aromatic rings. The highest BCUT2D eigenvalue weighted by Crippen LogP contribution is 2.39. The Labute approximate surface area is 187 Å². The highest BCUT2D eigenvalue weighted by Gasteiger charge is 2.32. The molecule has 0 aromatic carbocycles. The third-order valence-electron chi connectivity index (χ3n) is 6.53. The monoisotopic (exact) mass is 441 g/mol.